The van der Waals surface area contributed by atoms with Crippen LogP contribution in [0, 0.1) is 22.7 Å². The minimum absolute atomic E-state index is 0.103. The maximum absolute atomic E-state index is 12.2. The van der Waals surface area contributed by atoms with Crippen molar-refractivity contribution in [2.75, 3.05) is 6.54 Å². The molecule has 4 atom stereocenters. The van der Waals surface area contributed by atoms with Crippen molar-refractivity contribution in [3.8, 4) is 0 Å². The molecule has 4 unspecified atom stereocenters. The van der Waals surface area contributed by atoms with Gasteiger partial charge in [-0.05, 0) is 48.9 Å². The largest absolute Gasteiger partial charge is 0.354 e. The molecule has 0 radical (unpaired) electrons. The van der Waals surface area contributed by atoms with Crippen LogP contribution in [0.4, 0.5) is 0 Å². The second kappa shape index (κ2) is 5.32. The number of hydrogen-bond donors (Lipinski definition) is 2. The second-order valence-corrected chi connectivity index (χ2v) is 8.38. The molecule has 2 aliphatic rings. The Bertz CT molecular complexity index is 372. The Balaban J connectivity index is 1.97. The summed E-state index contributed by atoms with van der Waals surface area (Å²) in [5.41, 5.74) is 0.681. The molecule has 2 aliphatic carbocycles. The highest BCUT2D eigenvalue weighted by Crippen LogP contribution is 2.62. The van der Waals surface area contributed by atoms with E-state index in [0.717, 1.165) is 12.5 Å². The molecule has 0 aromatic carbocycles. The van der Waals surface area contributed by atoms with Gasteiger partial charge in [0.25, 0.3) is 0 Å². The normalized spacial score (nSPS) is 36.4. The molecule has 2 saturated carbocycles. The standard InChI is InChI=1S/C17H32N2O/c1-11(2)10-18-14(20)12(3)19-15-16(4,5)13-7-8-17(15,6)9-13/h11-13,15,19H,7-10H2,1-6H3,(H,18,20). The van der Waals surface area contributed by atoms with E-state index in [1.54, 1.807) is 0 Å². The first-order valence-electron chi connectivity index (χ1n) is 8.20. The molecule has 3 heteroatoms. The summed E-state index contributed by atoms with van der Waals surface area (Å²) < 4.78 is 0. The van der Waals surface area contributed by atoms with Crippen LogP contribution in [0.1, 0.15) is 60.8 Å². The third-order valence-electron chi connectivity index (χ3n) is 5.76. The molecule has 2 fully saturated rings. The molecule has 2 rings (SSSR count). The van der Waals surface area contributed by atoms with E-state index in [1.165, 1.54) is 19.3 Å². The van der Waals surface area contributed by atoms with Crippen LogP contribution >= 0.6 is 0 Å². The Morgan fingerprint density at radius 3 is 2.40 bits per heavy atom. The van der Waals surface area contributed by atoms with Gasteiger partial charge in [0.15, 0.2) is 0 Å². The molecule has 0 spiro atoms. The van der Waals surface area contributed by atoms with Gasteiger partial charge >= 0.3 is 0 Å². The summed E-state index contributed by atoms with van der Waals surface area (Å²) in [6.45, 7) is 14.2. The van der Waals surface area contributed by atoms with Crippen LogP contribution in [0.3, 0.4) is 0 Å². The Morgan fingerprint density at radius 1 is 1.25 bits per heavy atom. The third-order valence-corrected chi connectivity index (χ3v) is 5.76. The molecule has 0 heterocycles. The second-order valence-electron chi connectivity index (χ2n) is 8.38. The summed E-state index contributed by atoms with van der Waals surface area (Å²) >= 11 is 0. The Labute approximate surface area is 124 Å². The van der Waals surface area contributed by atoms with Crippen molar-refractivity contribution in [1.29, 1.82) is 0 Å². The van der Waals surface area contributed by atoms with Gasteiger partial charge in [-0.3, -0.25) is 4.79 Å². The molecule has 116 valence electrons. The number of hydrogen-bond acceptors (Lipinski definition) is 2. The molecule has 20 heavy (non-hydrogen) atoms. The topological polar surface area (TPSA) is 41.1 Å². The van der Waals surface area contributed by atoms with Crippen molar-refractivity contribution < 1.29 is 4.79 Å². The molecule has 0 saturated heterocycles. The fourth-order valence-corrected chi connectivity index (χ4v) is 4.50. The fraction of sp³-hybridized carbons (Fsp3) is 0.941. The zero-order valence-electron chi connectivity index (χ0n) is 14.0. The summed E-state index contributed by atoms with van der Waals surface area (Å²) in [7, 11) is 0. The number of carbonyl (C=O) groups excluding carboxylic acids is 1. The van der Waals surface area contributed by atoms with Gasteiger partial charge < -0.3 is 10.6 Å². The highest BCUT2D eigenvalue weighted by atomic mass is 16.2. The van der Waals surface area contributed by atoms with Crippen molar-refractivity contribution in [3.63, 3.8) is 0 Å². The lowest BCUT2D eigenvalue weighted by molar-refractivity contribution is -0.123. The van der Waals surface area contributed by atoms with E-state index in [2.05, 4.69) is 45.3 Å². The van der Waals surface area contributed by atoms with Crippen molar-refractivity contribution in [1.82, 2.24) is 10.6 Å². The lowest BCUT2D eigenvalue weighted by atomic mass is 9.68. The van der Waals surface area contributed by atoms with Gasteiger partial charge in [-0.1, -0.05) is 34.6 Å². The Morgan fingerprint density at radius 2 is 1.90 bits per heavy atom. The number of amides is 1. The van der Waals surface area contributed by atoms with Crippen molar-refractivity contribution in [2.24, 2.45) is 22.7 Å². The van der Waals surface area contributed by atoms with Crippen LogP contribution in [-0.4, -0.2) is 24.5 Å². The molecule has 2 N–H and O–H groups in total. The average molecular weight is 280 g/mol. The van der Waals surface area contributed by atoms with E-state index < -0.39 is 0 Å². The lowest BCUT2D eigenvalue weighted by Crippen LogP contribution is -2.56. The van der Waals surface area contributed by atoms with Gasteiger partial charge in [0, 0.05) is 12.6 Å². The van der Waals surface area contributed by atoms with Crippen molar-refractivity contribution >= 4 is 5.91 Å². The highest BCUT2D eigenvalue weighted by molar-refractivity contribution is 5.81. The fourth-order valence-electron chi connectivity index (χ4n) is 4.50. The monoisotopic (exact) mass is 280 g/mol. The number of rotatable bonds is 5. The van der Waals surface area contributed by atoms with Crippen LogP contribution in [0.2, 0.25) is 0 Å². The molecule has 0 aliphatic heterocycles. The first-order chi connectivity index (χ1) is 9.17. The lowest BCUT2D eigenvalue weighted by Gasteiger charge is -2.44. The molecular weight excluding hydrogens is 248 g/mol. The van der Waals surface area contributed by atoms with Gasteiger partial charge in [0.2, 0.25) is 5.91 Å². The summed E-state index contributed by atoms with van der Waals surface area (Å²) in [6.07, 6.45) is 3.98. The summed E-state index contributed by atoms with van der Waals surface area (Å²) in [4.78, 5) is 12.2. The molecular formula is C17H32N2O. The average Bonchev–Trinajstić information content (AvgIpc) is 2.82. The Hall–Kier alpha value is -0.570. The molecule has 2 bridgehead atoms. The SMILES string of the molecule is CC(C)CNC(=O)C(C)NC1C2(C)CCC(C2)C1(C)C. The van der Waals surface area contributed by atoms with Crippen molar-refractivity contribution in [2.45, 2.75) is 72.9 Å². The van der Waals surface area contributed by atoms with Crippen LogP contribution in [0.25, 0.3) is 0 Å². The predicted octanol–water partition coefficient (Wildman–Crippen LogP) is 2.95. The van der Waals surface area contributed by atoms with E-state index in [4.69, 9.17) is 0 Å². The predicted molar refractivity (Wildman–Crippen MR) is 83.5 cm³/mol. The number of carbonyl (C=O) groups is 1. The molecule has 0 aromatic rings. The van der Waals surface area contributed by atoms with Crippen LogP contribution < -0.4 is 10.6 Å². The van der Waals surface area contributed by atoms with E-state index in [9.17, 15) is 4.79 Å². The number of fused-ring (bicyclic) bond motifs is 2. The van der Waals surface area contributed by atoms with Gasteiger partial charge in [-0.2, -0.15) is 0 Å². The summed E-state index contributed by atoms with van der Waals surface area (Å²) in [5, 5.41) is 6.69. The van der Waals surface area contributed by atoms with Crippen LogP contribution in [0.15, 0.2) is 0 Å². The van der Waals surface area contributed by atoms with Crippen LogP contribution in [-0.2, 0) is 4.79 Å². The molecule has 1 amide bonds. The minimum Gasteiger partial charge on any atom is -0.354 e. The van der Waals surface area contributed by atoms with Gasteiger partial charge in [-0.25, -0.2) is 0 Å². The zero-order chi connectivity index (χ0) is 15.1. The van der Waals surface area contributed by atoms with Gasteiger partial charge in [0.1, 0.15) is 0 Å². The highest BCUT2D eigenvalue weighted by Gasteiger charge is 2.59. The third kappa shape index (κ3) is 2.74. The van der Waals surface area contributed by atoms with E-state index in [-0.39, 0.29) is 11.9 Å². The smallest absolute Gasteiger partial charge is 0.236 e. The molecule has 3 nitrogen and oxygen atoms in total. The van der Waals surface area contributed by atoms with Gasteiger partial charge in [0.05, 0.1) is 6.04 Å². The quantitative estimate of drug-likeness (QED) is 0.813. The first kappa shape index (κ1) is 15.8. The minimum atomic E-state index is -0.103. The first-order valence-corrected chi connectivity index (χ1v) is 8.20. The van der Waals surface area contributed by atoms with Crippen LogP contribution in [0.5, 0.6) is 0 Å². The number of nitrogens with one attached hydrogen (secondary N) is 2. The van der Waals surface area contributed by atoms with E-state index in [1.807, 2.05) is 6.92 Å². The van der Waals surface area contributed by atoms with Gasteiger partial charge in [-0.15, -0.1) is 0 Å². The Kier molecular flexibility index (Phi) is 4.21. The molecule has 0 aromatic heterocycles. The maximum atomic E-state index is 12.2. The van der Waals surface area contributed by atoms with E-state index in [0.29, 0.717) is 22.8 Å². The van der Waals surface area contributed by atoms with E-state index >= 15 is 0 Å². The zero-order valence-corrected chi connectivity index (χ0v) is 14.0. The summed E-state index contributed by atoms with van der Waals surface area (Å²) in [6, 6.07) is 0.350. The summed E-state index contributed by atoms with van der Waals surface area (Å²) in [5.74, 6) is 1.46. The van der Waals surface area contributed by atoms with Crippen molar-refractivity contribution in [3.05, 3.63) is 0 Å². The maximum Gasteiger partial charge on any atom is 0.236 e.